The minimum atomic E-state index is -0.299. The fourth-order valence-corrected chi connectivity index (χ4v) is 3.41. The van der Waals surface area contributed by atoms with Gasteiger partial charge in [-0.25, -0.2) is 9.37 Å². The summed E-state index contributed by atoms with van der Waals surface area (Å²) in [7, 11) is 0. The van der Waals surface area contributed by atoms with Crippen LogP contribution in [0.25, 0.3) is 0 Å². The summed E-state index contributed by atoms with van der Waals surface area (Å²) < 4.78 is 25.1. The first-order chi connectivity index (χ1) is 14.6. The molecule has 0 radical (unpaired) electrons. The molecule has 0 bridgehead atoms. The van der Waals surface area contributed by atoms with Gasteiger partial charge in [0.25, 0.3) is 0 Å². The Morgan fingerprint density at radius 2 is 2.10 bits per heavy atom. The first-order valence-corrected chi connectivity index (χ1v) is 9.80. The van der Waals surface area contributed by atoms with Crippen molar-refractivity contribution in [2.24, 2.45) is 0 Å². The van der Waals surface area contributed by atoms with Gasteiger partial charge in [-0.2, -0.15) is 9.97 Å². The zero-order chi connectivity index (χ0) is 20.9. The average molecular weight is 410 g/mol. The van der Waals surface area contributed by atoms with Crippen LogP contribution in [-0.4, -0.2) is 39.3 Å². The van der Waals surface area contributed by atoms with Crippen LogP contribution in [0.1, 0.15) is 36.8 Å². The molecule has 0 spiro atoms. The number of nitrogen functional groups attached to an aromatic ring is 1. The second kappa shape index (κ2) is 9.00. The Labute approximate surface area is 173 Å². The standard InChI is InChI=1S/C21H23FN6O2/c1-13(14-4-6-15(22)7-5-14)18-19(26-17-11-24-8-9-25-17)27-21(23)28-20(18)30-12-16-3-2-10-29-16/h4-9,11,13,16H,2-3,10,12H2,1H3,(H3,23,25,26,27,28)/t13-,16?/m0/s1. The highest BCUT2D eigenvalue weighted by Gasteiger charge is 2.24. The molecule has 1 aliphatic rings. The smallest absolute Gasteiger partial charge is 0.225 e. The fraction of sp³-hybridized carbons (Fsp3) is 0.333. The van der Waals surface area contributed by atoms with E-state index in [1.54, 1.807) is 30.7 Å². The molecular weight excluding hydrogens is 387 g/mol. The van der Waals surface area contributed by atoms with Crippen molar-refractivity contribution < 1.29 is 13.9 Å². The zero-order valence-corrected chi connectivity index (χ0v) is 16.6. The lowest BCUT2D eigenvalue weighted by Crippen LogP contribution is -2.19. The van der Waals surface area contributed by atoms with Gasteiger partial charge in [0.2, 0.25) is 11.8 Å². The molecule has 9 heteroatoms. The van der Waals surface area contributed by atoms with E-state index in [9.17, 15) is 4.39 Å². The Hall–Kier alpha value is -3.33. The number of nitrogens with two attached hydrogens (primary N) is 1. The van der Waals surface area contributed by atoms with Gasteiger partial charge in [0.1, 0.15) is 24.1 Å². The van der Waals surface area contributed by atoms with E-state index in [1.807, 2.05) is 6.92 Å². The van der Waals surface area contributed by atoms with E-state index in [1.165, 1.54) is 12.1 Å². The van der Waals surface area contributed by atoms with Crippen molar-refractivity contribution in [2.75, 3.05) is 24.3 Å². The van der Waals surface area contributed by atoms with E-state index in [4.69, 9.17) is 15.2 Å². The van der Waals surface area contributed by atoms with Gasteiger partial charge in [-0.15, -0.1) is 0 Å². The molecule has 8 nitrogen and oxygen atoms in total. The Balaban J connectivity index is 1.72. The lowest BCUT2D eigenvalue weighted by Gasteiger charge is -2.21. The third-order valence-electron chi connectivity index (χ3n) is 4.97. The molecule has 3 heterocycles. The van der Waals surface area contributed by atoms with Crippen molar-refractivity contribution in [3.8, 4) is 5.88 Å². The number of ether oxygens (including phenoxy) is 2. The Bertz CT molecular complexity index is 981. The molecular formula is C21H23FN6O2. The molecule has 4 rings (SSSR count). The Morgan fingerprint density at radius 1 is 1.27 bits per heavy atom. The predicted octanol–water partition coefficient (Wildman–Crippen LogP) is 3.44. The molecule has 1 aromatic carbocycles. The molecule has 30 heavy (non-hydrogen) atoms. The van der Waals surface area contributed by atoms with Gasteiger partial charge < -0.3 is 20.5 Å². The third-order valence-corrected chi connectivity index (χ3v) is 4.97. The van der Waals surface area contributed by atoms with Crippen LogP contribution in [0.4, 0.5) is 22.0 Å². The summed E-state index contributed by atoms with van der Waals surface area (Å²) in [6, 6.07) is 6.30. The van der Waals surface area contributed by atoms with Crippen LogP contribution in [0.15, 0.2) is 42.9 Å². The van der Waals surface area contributed by atoms with Crippen LogP contribution in [0.3, 0.4) is 0 Å². The van der Waals surface area contributed by atoms with E-state index in [2.05, 4.69) is 25.3 Å². The van der Waals surface area contributed by atoms with Gasteiger partial charge in [0, 0.05) is 24.9 Å². The molecule has 3 aromatic rings. The number of nitrogens with zero attached hydrogens (tertiary/aromatic N) is 4. The predicted molar refractivity (Wildman–Crippen MR) is 110 cm³/mol. The van der Waals surface area contributed by atoms with Crippen LogP contribution in [0, 0.1) is 5.82 Å². The summed E-state index contributed by atoms with van der Waals surface area (Å²) in [5.74, 6) is 0.896. The van der Waals surface area contributed by atoms with Crippen molar-refractivity contribution >= 4 is 17.6 Å². The summed E-state index contributed by atoms with van der Waals surface area (Å²) in [4.78, 5) is 17.0. The molecule has 2 aromatic heterocycles. The van der Waals surface area contributed by atoms with E-state index in [0.717, 1.165) is 25.0 Å². The maximum absolute atomic E-state index is 13.4. The maximum Gasteiger partial charge on any atom is 0.225 e. The maximum atomic E-state index is 13.4. The monoisotopic (exact) mass is 410 g/mol. The zero-order valence-electron chi connectivity index (χ0n) is 16.6. The number of aromatic nitrogens is 4. The van der Waals surface area contributed by atoms with Crippen molar-refractivity contribution in [3.05, 3.63) is 59.8 Å². The van der Waals surface area contributed by atoms with Gasteiger partial charge in [0.15, 0.2) is 0 Å². The normalized spacial score (nSPS) is 16.9. The summed E-state index contributed by atoms with van der Waals surface area (Å²) in [5, 5.41) is 3.15. The first-order valence-electron chi connectivity index (χ1n) is 9.80. The fourth-order valence-electron chi connectivity index (χ4n) is 3.41. The van der Waals surface area contributed by atoms with Gasteiger partial charge in [0.05, 0.1) is 17.9 Å². The summed E-state index contributed by atoms with van der Waals surface area (Å²) in [5.41, 5.74) is 7.54. The average Bonchev–Trinajstić information content (AvgIpc) is 3.26. The number of halogens is 1. The number of hydrogen-bond acceptors (Lipinski definition) is 8. The van der Waals surface area contributed by atoms with E-state index >= 15 is 0 Å². The highest BCUT2D eigenvalue weighted by atomic mass is 19.1. The Kier molecular flexibility index (Phi) is 5.99. The van der Waals surface area contributed by atoms with Crippen LogP contribution in [0.2, 0.25) is 0 Å². The topological polar surface area (TPSA) is 108 Å². The second-order valence-electron chi connectivity index (χ2n) is 7.08. The molecule has 0 saturated carbocycles. The van der Waals surface area contributed by atoms with Crippen LogP contribution in [0.5, 0.6) is 5.88 Å². The van der Waals surface area contributed by atoms with Crippen LogP contribution >= 0.6 is 0 Å². The summed E-state index contributed by atoms with van der Waals surface area (Å²) in [6.07, 6.45) is 6.71. The third kappa shape index (κ3) is 4.62. The minimum absolute atomic E-state index is 0.0200. The van der Waals surface area contributed by atoms with Gasteiger partial charge >= 0.3 is 0 Å². The number of rotatable bonds is 7. The molecule has 0 aliphatic carbocycles. The van der Waals surface area contributed by atoms with Crippen LogP contribution < -0.4 is 15.8 Å². The molecule has 156 valence electrons. The number of hydrogen-bond donors (Lipinski definition) is 2. The molecule has 0 amide bonds. The molecule has 1 unspecified atom stereocenters. The number of nitrogens with one attached hydrogen (secondary N) is 1. The molecule has 2 atom stereocenters. The molecule has 3 N–H and O–H groups in total. The number of anilines is 3. The summed E-state index contributed by atoms with van der Waals surface area (Å²) >= 11 is 0. The Morgan fingerprint density at radius 3 is 2.80 bits per heavy atom. The van der Waals surface area contributed by atoms with Crippen molar-refractivity contribution in [1.29, 1.82) is 0 Å². The molecule has 1 saturated heterocycles. The van der Waals surface area contributed by atoms with E-state index in [-0.39, 0.29) is 23.8 Å². The van der Waals surface area contributed by atoms with E-state index < -0.39 is 0 Å². The second-order valence-corrected chi connectivity index (χ2v) is 7.08. The lowest BCUT2D eigenvalue weighted by molar-refractivity contribution is 0.0659. The molecule has 1 aliphatic heterocycles. The SMILES string of the molecule is C[C@@H](c1ccc(F)cc1)c1c(Nc2cnccn2)nc(N)nc1OCC1CCCO1. The van der Waals surface area contributed by atoms with Gasteiger partial charge in [-0.05, 0) is 30.5 Å². The lowest BCUT2D eigenvalue weighted by atomic mass is 9.94. The largest absolute Gasteiger partial charge is 0.475 e. The van der Waals surface area contributed by atoms with Crippen molar-refractivity contribution in [1.82, 2.24) is 19.9 Å². The quantitative estimate of drug-likeness (QED) is 0.610. The van der Waals surface area contributed by atoms with Gasteiger partial charge in [-0.1, -0.05) is 19.1 Å². The van der Waals surface area contributed by atoms with Crippen molar-refractivity contribution in [3.63, 3.8) is 0 Å². The highest BCUT2D eigenvalue weighted by molar-refractivity contribution is 5.62. The van der Waals surface area contributed by atoms with Crippen molar-refractivity contribution in [2.45, 2.75) is 31.8 Å². The minimum Gasteiger partial charge on any atom is -0.475 e. The van der Waals surface area contributed by atoms with E-state index in [0.29, 0.717) is 29.7 Å². The highest BCUT2D eigenvalue weighted by Crippen LogP contribution is 2.37. The molecule has 1 fully saturated rings. The van der Waals surface area contributed by atoms with Crippen LogP contribution in [-0.2, 0) is 4.74 Å². The van der Waals surface area contributed by atoms with Gasteiger partial charge in [-0.3, -0.25) is 4.98 Å². The first kappa shape index (κ1) is 20.0. The number of benzene rings is 1. The summed E-state index contributed by atoms with van der Waals surface area (Å²) in [6.45, 7) is 3.07.